The number of hydrogen-bond acceptors (Lipinski definition) is 4. The molecule has 2 N–H and O–H groups in total. The van der Waals surface area contributed by atoms with E-state index in [0.29, 0.717) is 16.4 Å². The second-order valence-corrected chi connectivity index (χ2v) is 6.48. The minimum Gasteiger partial charge on any atom is -0.396 e. The highest BCUT2D eigenvalue weighted by molar-refractivity contribution is 6.33. The third-order valence-corrected chi connectivity index (χ3v) is 3.93. The Balaban J connectivity index is 3.09. The number of rotatable bonds is 6. The lowest BCUT2D eigenvalue weighted by Gasteiger charge is -2.30. The summed E-state index contributed by atoms with van der Waals surface area (Å²) in [5, 5.41) is 23.3. The van der Waals surface area contributed by atoms with Crippen LogP contribution >= 0.6 is 11.6 Å². The lowest BCUT2D eigenvalue weighted by atomic mass is 9.92. The van der Waals surface area contributed by atoms with Crippen LogP contribution in [0.5, 0.6) is 0 Å². The van der Waals surface area contributed by atoms with Crippen molar-refractivity contribution < 1.29 is 15.0 Å². The van der Waals surface area contributed by atoms with Gasteiger partial charge in [0.25, 0.3) is 5.91 Å². The Labute approximate surface area is 130 Å². The molecule has 0 aliphatic rings. The van der Waals surface area contributed by atoms with E-state index in [1.54, 1.807) is 21.0 Å². The minimum absolute atomic E-state index is 0.0677. The van der Waals surface area contributed by atoms with Gasteiger partial charge in [-0.3, -0.25) is 9.48 Å². The van der Waals surface area contributed by atoms with Crippen molar-refractivity contribution in [2.75, 3.05) is 26.8 Å². The Morgan fingerprint density at radius 1 is 1.43 bits per heavy atom. The zero-order chi connectivity index (χ0) is 16.4. The summed E-state index contributed by atoms with van der Waals surface area (Å²) >= 11 is 6.19. The molecule has 0 aliphatic carbocycles. The number of carbonyl (C=O) groups excluding carboxylic acids is 1. The largest absolute Gasteiger partial charge is 0.396 e. The predicted octanol–water partition coefficient (Wildman–Crippen LogP) is 1.26. The van der Waals surface area contributed by atoms with E-state index in [0.717, 1.165) is 0 Å². The maximum atomic E-state index is 12.6. The summed E-state index contributed by atoms with van der Waals surface area (Å²) < 4.78 is 1.48. The van der Waals surface area contributed by atoms with Gasteiger partial charge in [0.1, 0.15) is 5.15 Å². The van der Waals surface area contributed by atoms with Crippen LogP contribution in [0.3, 0.4) is 0 Å². The van der Waals surface area contributed by atoms with E-state index in [1.165, 1.54) is 9.58 Å². The lowest BCUT2D eigenvalue weighted by molar-refractivity contribution is 0.0365. The standard InChI is InChI=1S/C14H24ClN3O3/c1-9(2)11-10(12(15)18(5)16-11)13(21)17(4)6-14(3,7-19)8-20/h9,19-20H,6-8H2,1-5H3. The van der Waals surface area contributed by atoms with Crippen LogP contribution in [0.25, 0.3) is 0 Å². The first-order chi connectivity index (χ1) is 9.66. The molecule has 0 aliphatic heterocycles. The second-order valence-electron chi connectivity index (χ2n) is 6.12. The molecule has 1 rings (SSSR count). The molecule has 1 aromatic rings. The molecule has 0 radical (unpaired) electrons. The minimum atomic E-state index is -0.753. The van der Waals surface area contributed by atoms with Gasteiger partial charge in [-0.05, 0) is 5.92 Å². The van der Waals surface area contributed by atoms with Gasteiger partial charge in [0.2, 0.25) is 0 Å². The van der Waals surface area contributed by atoms with Gasteiger partial charge in [-0.15, -0.1) is 0 Å². The summed E-state index contributed by atoms with van der Waals surface area (Å²) in [6.45, 7) is 5.41. The maximum Gasteiger partial charge on any atom is 0.258 e. The highest BCUT2D eigenvalue weighted by atomic mass is 35.5. The quantitative estimate of drug-likeness (QED) is 0.828. The molecule has 21 heavy (non-hydrogen) atoms. The molecule has 1 heterocycles. The number of nitrogens with zero attached hydrogens (tertiary/aromatic N) is 3. The molecule has 0 spiro atoms. The number of halogens is 1. The molecule has 0 bridgehead atoms. The molecule has 120 valence electrons. The molecule has 1 aromatic heterocycles. The van der Waals surface area contributed by atoms with Crippen LogP contribution < -0.4 is 0 Å². The summed E-state index contributed by atoms with van der Waals surface area (Å²) in [6, 6.07) is 0. The van der Waals surface area contributed by atoms with Crippen molar-refractivity contribution in [3.63, 3.8) is 0 Å². The van der Waals surface area contributed by atoms with Gasteiger partial charge in [0, 0.05) is 26.1 Å². The number of aliphatic hydroxyl groups is 2. The Morgan fingerprint density at radius 3 is 2.38 bits per heavy atom. The fourth-order valence-corrected chi connectivity index (χ4v) is 2.33. The van der Waals surface area contributed by atoms with Crippen molar-refractivity contribution in [3.8, 4) is 0 Å². The fourth-order valence-electron chi connectivity index (χ4n) is 2.11. The normalized spacial score (nSPS) is 12.0. The highest BCUT2D eigenvalue weighted by Crippen LogP contribution is 2.27. The van der Waals surface area contributed by atoms with Crippen LogP contribution in [-0.2, 0) is 7.05 Å². The molecule has 0 fully saturated rings. The Hall–Kier alpha value is -1.11. The Bertz CT molecular complexity index is 510. The van der Waals surface area contributed by atoms with Gasteiger partial charge in [-0.2, -0.15) is 5.10 Å². The summed E-state index contributed by atoms with van der Waals surface area (Å²) in [6.07, 6.45) is 0. The van der Waals surface area contributed by atoms with E-state index in [1.807, 2.05) is 13.8 Å². The van der Waals surface area contributed by atoms with Crippen LogP contribution in [0.2, 0.25) is 5.15 Å². The maximum absolute atomic E-state index is 12.6. The van der Waals surface area contributed by atoms with Gasteiger partial charge in [0.05, 0.1) is 24.5 Å². The van der Waals surface area contributed by atoms with Crippen molar-refractivity contribution in [3.05, 3.63) is 16.4 Å². The topological polar surface area (TPSA) is 78.6 Å². The van der Waals surface area contributed by atoms with E-state index in [9.17, 15) is 15.0 Å². The van der Waals surface area contributed by atoms with E-state index in [-0.39, 0.29) is 31.6 Å². The number of aliphatic hydroxyl groups excluding tert-OH is 2. The molecular weight excluding hydrogens is 294 g/mol. The van der Waals surface area contributed by atoms with Gasteiger partial charge in [-0.25, -0.2) is 0 Å². The average Bonchev–Trinajstić information content (AvgIpc) is 2.74. The molecule has 0 saturated heterocycles. The van der Waals surface area contributed by atoms with Gasteiger partial charge >= 0.3 is 0 Å². The van der Waals surface area contributed by atoms with E-state index >= 15 is 0 Å². The zero-order valence-corrected chi connectivity index (χ0v) is 14.0. The summed E-state index contributed by atoms with van der Waals surface area (Å²) in [4.78, 5) is 14.1. The molecule has 0 saturated carbocycles. The first-order valence-electron chi connectivity index (χ1n) is 6.86. The van der Waals surface area contributed by atoms with Crippen LogP contribution in [-0.4, -0.2) is 57.6 Å². The fraction of sp³-hybridized carbons (Fsp3) is 0.714. The van der Waals surface area contributed by atoms with Gasteiger partial charge < -0.3 is 15.1 Å². The van der Waals surface area contributed by atoms with Crippen molar-refractivity contribution in [2.45, 2.75) is 26.7 Å². The van der Waals surface area contributed by atoms with E-state index < -0.39 is 5.41 Å². The van der Waals surface area contributed by atoms with E-state index in [4.69, 9.17) is 11.6 Å². The molecule has 6 nitrogen and oxygen atoms in total. The summed E-state index contributed by atoms with van der Waals surface area (Å²) in [7, 11) is 3.32. The second kappa shape index (κ2) is 6.77. The molecular formula is C14H24ClN3O3. The first-order valence-corrected chi connectivity index (χ1v) is 7.24. The van der Waals surface area contributed by atoms with Crippen molar-refractivity contribution in [2.24, 2.45) is 12.5 Å². The SMILES string of the molecule is CC(C)c1nn(C)c(Cl)c1C(=O)N(C)CC(C)(CO)CO. The number of aryl methyl sites for hydroxylation is 1. The van der Waals surface area contributed by atoms with Gasteiger partial charge in [-0.1, -0.05) is 32.4 Å². The summed E-state index contributed by atoms with van der Waals surface area (Å²) in [5.41, 5.74) is 0.279. The molecule has 0 aromatic carbocycles. The van der Waals surface area contributed by atoms with Crippen LogP contribution in [0.1, 0.15) is 42.7 Å². The summed E-state index contributed by atoms with van der Waals surface area (Å²) in [5.74, 6) is -0.192. The highest BCUT2D eigenvalue weighted by Gasteiger charge is 2.30. The zero-order valence-electron chi connectivity index (χ0n) is 13.2. The molecule has 0 atom stereocenters. The number of carbonyl (C=O) groups is 1. The number of amides is 1. The third-order valence-electron chi connectivity index (χ3n) is 3.49. The lowest BCUT2D eigenvalue weighted by Crippen LogP contribution is -2.41. The Kier molecular flexibility index (Phi) is 5.78. The van der Waals surface area contributed by atoms with E-state index in [2.05, 4.69) is 5.10 Å². The van der Waals surface area contributed by atoms with Crippen LogP contribution in [0.15, 0.2) is 0 Å². The Morgan fingerprint density at radius 2 is 1.95 bits per heavy atom. The number of hydrogen-bond donors (Lipinski definition) is 2. The van der Waals surface area contributed by atoms with Crippen LogP contribution in [0, 0.1) is 5.41 Å². The van der Waals surface area contributed by atoms with Crippen LogP contribution in [0.4, 0.5) is 0 Å². The van der Waals surface area contributed by atoms with Crippen molar-refractivity contribution >= 4 is 17.5 Å². The first kappa shape index (κ1) is 17.9. The third kappa shape index (κ3) is 3.75. The molecule has 0 unspecified atom stereocenters. The van der Waals surface area contributed by atoms with Gasteiger partial charge in [0.15, 0.2) is 0 Å². The predicted molar refractivity (Wildman–Crippen MR) is 81.5 cm³/mol. The van der Waals surface area contributed by atoms with Crippen molar-refractivity contribution in [1.82, 2.24) is 14.7 Å². The molecule has 1 amide bonds. The molecule has 7 heteroatoms. The average molecular weight is 318 g/mol. The smallest absolute Gasteiger partial charge is 0.258 e. The number of aromatic nitrogens is 2. The monoisotopic (exact) mass is 317 g/mol. The van der Waals surface area contributed by atoms with Crippen molar-refractivity contribution in [1.29, 1.82) is 0 Å².